The summed E-state index contributed by atoms with van der Waals surface area (Å²) >= 11 is 0. The third-order valence-corrected chi connectivity index (χ3v) is 3.15. The molecular formula is C12H15FN2O. The molecule has 1 unspecified atom stereocenters. The van der Waals surface area contributed by atoms with Crippen LogP contribution in [0.25, 0.3) is 0 Å². The molecule has 1 aliphatic heterocycles. The van der Waals surface area contributed by atoms with E-state index >= 15 is 0 Å². The van der Waals surface area contributed by atoms with Crippen molar-refractivity contribution in [3.05, 3.63) is 29.8 Å². The lowest BCUT2D eigenvalue weighted by molar-refractivity contribution is 0.0782. The lowest BCUT2D eigenvalue weighted by Gasteiger charge is -2.16. The third kappa shape index (κ3) is 2.05. The van der Waals surface area contributed by atoms with E-state index in [0.29, 0.717) is 5.92 Å². The van der Waals surface area contributed by atoms with Gasteiger partial charge in [0.1, 0.15) is 0 Å². The summed E-state index contributed by atoms with van der Waals surface area (Å²) in [7, 11) is 0. The van der Waals surface area contributed by atoms with Crippen LogP contribution in [0.1, 0.15) is 30.1 Å². The van der Waals surface area contributed by atoms with Crippen LogP contribution in [0.2, 0.25) is 0 Å². The van der Waals surface area contributed by atoms with E-state index in [0.717, 1.165) is 32.1 Å². The van der Waals surface area contributed by atoms with Gasteiger partial charge in [-0.1, -0.05) is 13.3 Å². The molecule has 0 bridgehead atoms. The highest BCUT2D eigenvalue weighted by Crippen LogP contribution is 2.21. The van der Waals surface area contributed by atoms with Gasteiger partial charge in [-0.05, 0) is 18.4 Å². The molecule has 16 heavy (non-hydrogen) atoms. The predicted molar refractivity (Wildman–Crippen MR) is 58.5 cm³/mol. The van der Waals surface area contributed by atoms with Crippen LogP contribution in [0, 0.1) is 11.7 Å². The van der Waals surface area contributed by atoms with Crippen molar-refractivity contribution in [1.82, 2.24) is 9.88 Å². The number of pyridine rings is 1. The van der Waals surface area contributed by atoms with Crippen LogP contribution in [0.15, 0.2) is 18.5 Å². The molecule has 1 atom stereocenters. The lowest BCUT2D eigenvalue weighted by atomic mass is 10.1. The quantitative estimate of drug-likeness (QED) is 0.767. The summed E-state index contributed by atoms with van der Waals surface area (Å²) in [5, 5.41) is 0. The Kier molecular flexibility index (Phi) is 3.17. The second-order valence-corrected chi connectivity index (χ2v) is 4.17. The minimum absolute atomic E-state index is 0.131. The van der Waals surface area contributed by atoms with Crippen molar-refractivity contribution in [2.45, 2.75) is 19.8 Å². The number of carbonyl (C=O) groups excluding carboxylic acids is 1. The standard InChI is InChI=1S/C12H15FN2O/c1-2-9-4-6-15(8-9)12(16)10-3-5-14-7-11(10)13/h3,5,7,9H,2,4,6,8H2,1H3. The first-order valence-corrected chi connectivity index (χ1v) is 5.61. The van der Waals surface area contributed by atoms with Crippen molar-refractivity contribution in [2.75, 3.05) is 13.1 Å². The van der Waals surface area contributed by atoms with E-state index in [1.54, 1.807) is 4.90 Å². The van der Waals surface area contributed by atoms with Crippen LogP contribution in [0.5, 0.6) is 0 Å². The topological polar surface area (TPSA) is 33.2 Å². The summed E-state index contributed by atoms with van der Waals surface area (Å²) in [5.41, 5.74) is 0.131. The molecule has 2 rings (SSSR count). The van der Waals surface area contributed by atoms with E-state index in [1.165, 1.54) is 12.3 Å². The molecule has 1 aromatic rings. The van der Waals surface area contributed by atoms with Gasteiger partial charge >= 0.3 is 0 Å². The molecule has 0 radical (unpaired) electrons. The zero-order valence-corrected chi connectivity index (χ0v) is 9.32. The van der Waals surface area contributed by atoms with Gasteiger partial charge in [-0.3, -0.25) is 9.78 Å². The summed E-state index contributed by atoms with van der Waals surface area (Å²) < 4.78 is 13.4. The van der Waals surface area contributed by atoms with Gasteiger partial charge in [0.2, 0.25) is 0 Å². The van der Waals surface area contributed by atoms with Crippen molar-refractivity contribution >= 4 is 5.91 Å². The van der Waals surface area contributed by atoms with E-state index in [9.17, 15) is 9.18 Å². The zero-order valence-electron chi connectivity index (χ0n) is 9.32. The maximum Gasteiger partial charge on any atom is 0.256 e. The number of nitrogens with zero attached hydrogens (tertiary/aromatic N) is 2. The first-order valence-electron chi connectivity index (χ1n) is 5.61. The van der Waals surface area contributed by atoms with Crippen molar-refractivity contribution in [1.29, 1.82) is 0 Å². The van der Waals surface area contributed by atoms with Gasteiger partial charge in [0.25, 0.3) is 5.91 Å². The summed E-state index contributed by atoms with van der Waals surface area (Å²) in [6, 6.07) is 1.44. The summed E-state index contributed by atoms with van der Waals surface area (Å²) in [4.78, 5) is 17.4. The molecule has 2 heterocycles. The fourth-order valence-electron chi connectivity index (χ4n) is 2.07. The van der Waals surface area contributed by atoms with Crippen LogP contribution < -0.4 is 0 Å². The number of likely N-dealkylation sites (tertiary alicyclic amines) is 1. The second-order valence-electron chi connectivity index (χ2n) is 4.17. The number of rotatable bonds is 2. The maximum atomic E-state index is 13.4. The van der Waals surface area contributed by atoms with Crippen LogP contribution >= 0.6 is 0 Å². The van der Waals surface area contributed by atoms with Crippen molar-refractivity contribution in [3.63, 3.8) is 0 Å². The summed E-state index contributed by atoms with van der Waals surface area (Å²) in [6.07, 6.45) is 4.63. The van der Waals surface area contributed by atoms with Gasteiger partial charge in [-0.2, -0.15) is 0 Å². The fourth-order valence-corrected chi connectivity index (χ4v) is 2.07. The molecule has 1 fully saturated rings. The van der Waals surface area contributed by atoms with Crippen molar-refractivity contribution in [3.8, 4) is 0 Å². The Hall–Kier alpha value is -1.45. The Bertz CT molecular complexity index is 394. The molecular weight excluding hydrogens is 207 g/mol. The Morgan fingerprint density at radius 3 is 3.12 bits per heavy atom. The second kappa shape index (κ2) is 4.60. The van der Waals surface area contributed by atoms with E-state index < -0.39 is 5.82 Å². The van der Waals surface area contributed by atoms with Gasteiger partial charge in [-0.15, -0.1) is 0 Å². The highest BCUT2D eigenvalue weighted by molar-refractivity contribution is 5.94. The molecule has 0 spiro atoms. The van der Waals surface area contributed by atoms with Crippen LogP contribution in [0.3, 0.4) is 0 Å². The highest BCUT2D eigenvalue weighted by atomic mass is 19.1. The van der Waals surface area contributed by atoms with Crippen LogP contribution in [-0.4, -0.2) is 28.9 Å². The molecule has 3 nitrogen and oxygen atoms in total. The van der Waals surface area contributed by atoms with E-state index in [-0.39, 0.29) is 11.5 Å². The van der Waals surface area contributed by atoms with Crippen LogP contribution in [0.4, 0.5) is 4.39 Å². The molecule has 1 aromatic heterocycles. The molecule has 0 aliphatic carbocycles. The van der Waals surface area contributed by atoms with Crippen molar-refractivity contribution in [2.24, 2.45) is 5.92 Å². The lowest BCUT2D eigenvalue weighted by Crippen LogP contribution is -2.29. The zero-order chi connectivity index (χ0) is 11.5. The molecule has 0 aromatic carbocycles. The van der Waals surface area contributed by atoms with Gasteiger partial charge in [0, 0.05) is 19.3 Å². The Balaban J connectivity index is 2.12. The first-order chi connectivity index (χ1) is 7.72. The molecule has 86 valence electrons. The van der Waals surface area contributed by atoms with E-state index in [1.807, 2.05) is 0 Å². The Labute approximate surface area is 94.3 Å². The van der Waals surface area contributed by atoms with Gasteiger partial charge < -0.3 is 4.90 Å². The van der Waals surface area contributed by atoms with Gasteiger partial charge in [0.15, 0.2) is 5.82 Å². The Morgan fingerprint density at radius 2 is 2.50 bits per heavy atom. The number of aromatic nitrogens is 1. The van der Waals surface area contributed by atoms with E-state index in [2.05, 4.69) is 11.9 Å². The van der Waals surface area contributed by atoms with E-state index in [4.69, 9.17) is 0 Å². The number of hydrogen-bond donors (Lipinski definition) is 0. The molecule has 0 saturated carbocycles. The maximum absolute atomic E-state index is 13.4. The largest absolute Gasteiger partial charge is 0.338 e. The Morgan fingerprint density at radius 1 is 1.69 bits per heavy atom. The molecule has 1 amide bonds. The first kappa shape index (κ1) is 11.0. The average Bonchev–Trinajstić information content (AvgIpc) is 2.77. The highest BCUT2D eigenvalue weighted by Gasteiger charge is 2.27. The molecule has 1 aliphatic rings. The molecule has 0 N–H and O–H groups in total. The van der Waals surface area contributed by atoms with Crippen molar-refractivity contribution < 1.29 is 9.18 Å². The average molecular weight is 222 g/mol. The molecule has 4 heteroatoms. The third-order valence-electron chi connectivity index (χ3n) is 3.15. The van der Waals surface area contributed by atoms with Crippen LogP contribution in [-0.2, 0) is 0 Å². The molecule has 1 saturated heterocycles. The summed E-state index contributed by atoms with van der Waals surface area (Å²) in [6.45, 7) is 3.60. The minimum Gasteiger partial charge on any atom is -0.338 e. The van der Waals surface area contributed by atoms with Gasteiger partial charge in [-0.25, -0.2) is 4.39 Å². The SMILES string of the molecule is CCC1CCN(C(=O)c2ccncc2F)C1. The summed E-state index contributed by atoms with van der Waals surface area (Å²) in [5.74, 6) is -0.183. The fraction of sp³-hybridized carbons (Fsp3) is 0.500. The minimum atomic E-state index is -0.535. The number of amides is 1. The number of halogens is 1. The predicted octanol–water partition coefficient (Wildman–Crippen LogP) is 2.09. The number of carbonyl (C=O) groups is 1. The smallest absolute Gasteiger partial charge is 0.256 e. The monoisotopic (exact) mass is 222 g/mol. The normalized spacial score (nSPS) is 20.1. The van der Waals surface area contributed by atoms with Gasteiger partial charge in [0.05, 0.1) is 11.8 Å². The number of hydrogen-bond acceptors (Lipinski definition) is 2.